The number of carbonyl (C=O) groups is 3. The van der Waals surface area contributed by atoms with E-state index in [0.29, 0.717) is 29.4 Å². The van der Waals surface area contributed by atoms with Crippen molar-refractivity contribution in [1.82, 2.24) is 5.32 Å². The molecule has 0 spiro atoms. The van der Waals surface area contributed by atoms with Crippen molar-refractivity contribution >= 4 is 17.8 Å². The molecule has 0 fully saturated rings. The second kappa shape index (κ2) is 10.1. The monoisotopic (exact) mass is 411 g/mol. The lowest BCUT2D eigenvalue weighted by Gasteiger charge is -2.19. The standard InChI is InChI=1S/C24H29NO5/c1-16(2)14-29-20-12-8-18(9-13-20)23(28)30-15-21(26)25-22(27)17-6-10-19(11-7-17)24(3,4)5/h6-13,16H,14-15H2,1-5H3,(H,25,26,27). The maximum Gasteiger partial charge on any atom is 0.338 e. The predicted octanol–water partition coefficient (Wildman–Crippen LogP) is 4.13. The summed E-state index contributed by atoms with van der Waals surface area (Å²) in [5.74, 6) is -0.829. The molecule has 0 unspecified atom stereocenters. The molecule has 6 nitrogen and oxygen atoms in total. The van der Waals surface area contributed by atoms with Crippen LogP contribution in [0.1, 0.15) is 60.9 Å². The number of rotatable bonds is 7. The van der Waals surface area contributed by atoms with Crippen LogP contribution >= 0.6 is 0 Å². The summed E-state index contributed by atoms with van der Waals surface area (Å²) < 4.78 is 10.5. The number of hydrogen-bond acceptors (Lipinski definition) is 5. The first-order valence-corrected chi connectivity index (χ1v) is 9.91. The number of imide groups is 1. The molecular formula is C24H29NO5. The second-order valence-corrected chi connectivity index (χ2v) is 8.51. The van der Waals surface area contributed by atoms with E-state index in [9.17, 15) is 14.4 Å². The SMILES string of the molecule is CC(C)COc1ccc(C(=O)OCC(=O)NC(=O)c2ccc(C(C)(C)C)cc2)cc1. The maximum absolute atomic E-state index is 12.2. The predicted molar refractivity (Wildman–Crippen MR) is 115 cm³/mol. The van der Waals surface area contributed by atoms with Crippen LogP contribution in [-0.2, 0) is 14.9 Å². The van der Waals surface area contributed by atoms with Crippen molar-refractivity contribution in [3.05, 3.63) is 65.2 Å². The molecule has 0 radical (unpaired) electrons. The molecule has 0 heterocycles. The Morgan fingerprint density at radius 3 is 2.00 bits per heavy atom. The zero-order chi connectivity index (χ0) is 22.3. The lowest BCUT2D eigenvalue weighted by Crippen LogP contribution is -2.34. The van der Waals surface area contributed by atoms with Gasteiger partial charge in [-0.3, -0.25) is 14.9 Å². The Bertz CT molecular complexity index is 877. The molecule has 160 valence electrons. The van der Waals surface area contributed by atoms with Gasteiger partial charge in [0.1, 0.15) is 5.75 Å². The number of nitrogens with one attached hydrogen (secondary N) is 1. The Morgan fingerprint density at radius 2 is 1.47 bits per heavy atom. The van der Waals surface area contributed by atoms with E-state index in [1.54, 1.807) is 36.4 Å². The average molecular weight is 411 g/mol. The fraction of sp³-hybridized carbons (Fsp3) is 0.375. The number of benzene rings is 2. The van der Waals surface area contributed by atoms with Crippen LogP contribution in [0, 0.1) is 5.92 Å². The highest BCUT2D eigenvalue weighted by atomic mass is 16.5. The first kappa shape index (κ1) is 23.1. The Kier molecular flexibility index (Phi) is 7.75. The minimum Gasteiger partial charge on any atom is -0.493 e. The van der Waals surface area contributed by atoms with Crippen molar-refractivity contribution in [2.45, 2.75) is 40.0 Å². The summed E-state index contributed by atoms with van der Waals surface area (Å²) in [7, 11) is 0. The Hall–Kier alpha value is -3.15. The number of ether oxygens (including phenoxy) is 2. The zero-order valence-electron chi connectivity index (χ0n) is 18.2. The Balaban J connectivity index is 1.83. The van der Waals surface area contributed by atoms with Gasteiger partial charge in [-0.2, -0.15) is 0 Å². The summed E-state index contributed by atoms with van der Waals surface area (Å²) in [4.78, 5) is 36.2. The van der Waals surface area contributed by atoms with Gasteiger partial charge in [-0.25, -0.2) is 4.79 Å². The highest BCUT2D eigenvalue weighted by Crippen LogP contribution is 2.22. The van der Waals surface area contributed by atoms with Crippen LogP contribution in [0.3, 0.4) is 0 Å². The van der Waals surface area contributed by atoms with Gasteiger partial charge in [-0.05, 0) is 53.3 Å². The Labute approximate surface area is 177 Å². The molecule has 2 aromatic carbocycles. The summed E-state index contributed by atoms with van der Waals surface area (Å²) in [5, 5.41) is 2.22. The molecular weight excluding hydrogens is 382 g/mol. The Morgan fingerprint density at radius 1 is 0.900 bits per heavy atom. The van der Waals surface area contributed by atoms with Gasteiger partial charge < -0.3 is 9.47 Å². The molecule has 6 heteroatoms. The first-order valence-electron chi connectivity index (χ1n) is 9.91. The lowest BCUT2D eigenvalue weighted by atomic mass is 9.87. The summed E-state index contributed by atoms with van der Waals surface area (Å²) in [6.45, 7) is 10.3. The number of carbonyl (C=O) groups excluding carboxylic acids is 3. The minimum absolute atomic E-state index is 0.0300. The fourth-order valence-corrected chi connectivity index (χ4v) is 2.52. The van der Waals surface area contributed by atoms with E-state index >= 15 is 0 Å². The van der Waals surface area contributed by atoms with Crippen molar-refractivity contribution < 1.29 is 23.9 Å². The normalized spacial score (nSPS) is 11.1. The second-order valence-electron chi connectivity index (χ2n) is 8.51. The first-order chi connectivity index (χ1) is 14.1. The summed E-state index contributed by atoms with van der Waals surface area (Å²) >= 11 is 0. The summed E-state index contributed by atoms with van der Waals surface area (Å²) in [5.41, 5.74) is 1.71. The van der Waals surface area contributed by atoms with Gasteiger partial charge in [0, 0.05) is 5.56 Å². The summed E-state index contributed by atoms with van der Waals surface area (Å²) in [6.07, 6.45) is 0. The number of esters is 1. The van der Waals surface area contributed by atoms with Gasteiger partial charge in [0.25, 0.3) is 11.8 Å². The number of hydrogen-bond donors (Lipinski definition) is 1. The average Bonchev–Trinajstić information content (AvgIpc) is 2.70. The molecule has 0 atom stereocenters. The van der Waals surface area contributed by atoms with Gasteiger partial charge in [-0.15, -0.1) is 0 Å². The van der Waals surface area contributed by atoms with Gasteiger partial charge in [0.15, 0.2) is 6.61 Å². The van der Waals surface area contributed by atoms with E-state index in [4.69, 9.17) is 9.47 Å². The third-order valence-electron chi connectivity index (χ3n) is 4.27. The van der Waals surface area contributed by atoms with E-state index in [0.717, 1.165) is 5.56 Å². The molecule has 2 amide bonds. The molecule has 0 saturated heterocycles. The van der Waals surface area contributed by atoms with Crippen LogP contribution < -0.4 is 10.1 Å². The number of amides is 2. The molecule has 2 aromatic rings. The molecule has 2 rings (SSSR count). The quantitative estimate of drug-likeness (QED) is 0.693. The topological polar surface area (TPSA) is 81.7 Å². The van der Waals surface area contributed by atoms with Gasteiger partial charge in [-0.1, -0.05) is 46.8 Å². The van der Waals surface area contributed by atoms with Crippen LogP contribution in [-0.4, -0.2) is 31.0 Å². The van der Waals surface area contributed by atoms with E-state index in [1.807, 2.05) is 26.0 Å². The fourth-order valence-electron chi connectivity index (χ4n) is 2.52. The van der Waals surface area contributed by atoms with E-state index in [1.165, 1.54) is 0 Å². The van der Waals surface area contributed by atoms with Crippen LogP contribution in [0.15, 0.2) is 48.5 Å². The van der Waals surface area contributed by atoms with E-state index in [2.05, 4.69) is 26.1 Å². The summed E-state index contributed by atoms with van der Waals surface area (Å²) in [6, 6.07) is 13.5. The van der Waals surface area contributed by atoms with Crippen molar-refractivity contribution in [1.29, 1.82) is 0 Å². The van der Waals surface area contributed by atoms with Crippen molar-refractivity contribution in [2.75, 3.05) is 13.2 Å². The third-order valence-corrected chi connectivity index (χ3v) is 4.27. The van der Waals surface area contributed by atoms with Crippen molar-refractivity contribution in [3.8, 4) is 5.75 Å². The third kappa shape index (κ3) is 7.03. The minimum atomic E-state index is -0.690. The van der Waals surface area contributed by atoms with Gasteiger partial charge >= 0.3 is 5.97 Å². The van der Waals surface area contributed by atoms with Crippen LogP contribution in [0.5, 0.6) is 5.75 Å². The molecule has 0 bridgehead atoms. The van der Waals surface area contributed by atoms with Gasteiger partial charge in [0.2, 0.25) is 0 Å². The zero-order valence-corrected chi connectivity index (χ0v) is 18.2. The van der Waals surface area contributed by atoms with Gasteiger partial charge in [0.05, 0.1) is 12.2 Å². The highest BCUT2D eigenvalue weighted by Gasteiger charge is 2.16. The van der Waals surface area contributed by atoms with Crippen LogP contribution in [0.25, 0.3) is 0 Å². The molecule has 0 saturated carbocycles. The molecule has 30 heavy (non-hydrogen) atoms. The van der Waals surface area contributed by atoms with Crippen molar-refractivity contribution in [3.63, 3.8) is 0 Å². The molecule has 0 aliphatic heterocycles. The van der Waals surface area contributed by atoms with Crippen LogP contribution in [0.2, 0.25) is 0 Å². The maximum atomic E-state index is 12.2. The van der Waals surface area contributed by atoms with Crippen molar-refractivity contribution in [2.24, 2.45) is 5.92 Å². The largest absolute Gasteiger partial charge is 0.493 e. The molecule has 0 aromatic heterocycles. The van der Waals surface area contributed by atoms with E-state index in [-0.39, 0.29) is 5.41 Å². The molecule has 0 aliphatic rings. The highest BCUT2D eigenvalue weighted by molar-refractivity contribution is 6.05. The smallest absolute Gasteiger partial charge is 0.338 e. The van der Waals surface area contributed by atoms with Crippen LogP contribution in [0.4, 0.5) is 0 Å². The molecule has 0 aliphatic carbocycles. The lowest BCUT2D eigenvalue weighted by molar-refractivity contribution is -0.123. The molecule has 1 N–H and O–H groups in total. The van der Waals surface area contributed by atoms with E-state index < -0.39 is 24.4 Å².